The van der Waals surface area contributed by atoms with Crippen molar-refractivity contribution < 1.29 is 4.79 Å². The van der Waals surface area contributed by atoms with E-state index in [0.717, 1.165) is 25.8 Å². The molecule has 1 amide bonds. The van der Waals surface area contributed by atoms with Crippen LogP contribution in [-0.4, -0.2) is 12.5 Å². The highest BCUT2D eigenvalue weighted by atomic mass is 16.1. The molecule has 0 aromatic heterocycles. The Morgan fingerprint density at radius 1 is 0.889 bits per heavy atom. The van der Waals surface area contributed by atoms with Crippen LogP contribution in [0.5, 0.6) is 0 Å². The number of rotatable bonds is 12. The topological polar surface area (TPSA) is 29.1 Å². The minimum absolute atomic E-state index is 0.189. The van der Waals surface area contributed by atoms with Gasteiger partial charge in [-0.1, -0.05) is 72.1 Å². The quantitative estimate of drug-likeness (QED) is 0.504. The van der Waals surface area contributed by atoms with Gasteiger partial charge < -0.3 is 5.32 Å². The molecular weight excluding hydrogens is 222 g/mol. The molecule has 0 saturated heterocycles. The van der Waals surface area contributed by atoms with Crippen LogP contribution in [0, 0.1) is 5.92 Å². The van der Waals surface area contributed by atoms with Crippen molar-refractivity contribution in [1.82, 2.24) is 5.32 Å². The molecule has 108 valence electrons. The summed E-state index contributed by atoms with van der Waals surface area (Å²) >= 11 is 0. The first kappa shape index (κ1) is 17.5. The molecule has 0 aliphatic heterocycles. The number of carbonyl (C=O) groups excluding carboxylic acids is 1. The first-order valence-corrected chi connectivity index (χ1v) is 8.00. The third kappa shape index (κ3) is 10.6. The summed E-state index contributed by atoms with van der Waals surface area (Å²) < 4.78 is 0. The van der Waals surface area contributed by atoms with E-state index >= 15 is 0 Å². The predicted octanol–water partition coefficient (Wildman–Crippen LogP) is 4.68. The van der Waals surface area contributed by atoms with E-state index in [1.807, 2.05) is 6.92 Å². The largest absolute Gasteiger partial charge is 0.356 e. The molecule has 0 aliphatic rings. The summed E-state index contributed by atoms with van der Waals surface area (Å²) in [7, 11) is 0. The number of amides is 1. The van der Waals surface area contributed by atoms with Crippen LogP contribution in [0.4, 0.5) is 0 Å². The summed E-state index contributed by atoms with van der Waals surface area (Å²) in [6, 6.07) is 0. The lowest BCUT2D eigenvalue weighted by atomic mass is 10.0. The molecule has 0 saturated carbocycles. The van der Waals surface area contributed by atoms with E-state index in [2.05, 4.69) is 19.2 Å². The Morgan fingerprint density at radius 2 is 1.44 bits per heavy atom. The van der Waals surface area contributed by atoms with Crippen molar-refractivity contribution in [3.05, 3.63) is 0 Å². The van der Waals surface area contributed by atoms with Crippen LogP contribution >= 0.6 is 0 Å². The SMILES string of the molecule is CCCCCCCCCNC(=O)C(C)CCCC. The zero-order valence-corrected chi connectivity index (χ0v) is 12.8. The molecule has 0 heterocycles. The third-order valence-electron chi connectivity index (χ3n) is 3.52. The summed E-state index contributed by atoms with van der Waals surface area (Å²) in [5.74, 6) is 0.434. The Hall–Kier alpha value is -0.530. The fourth-order valence-corrected chi connectivity index (χ4v) is 2.11. The van der Waals surface area contributed by atoms with E-state index in [1.165, 1.54) is 44.9 Å². The van der Waals surface area contributed by atoms with E-state index in [-0.39, 0.29) is 11.8 Å². The van der Waals surface area contributed by atoms with Gasteiger partial charge in [0, 0.05) is 12.5 Å². The van der Waals surface area contributed by atoms with Crippen molar-refractivity contribution in [2.75, 3.05) is 6.54 Å². The molecule has 18 heavy (non-hydrogen) atoms. The number of hydrogen-bond acceptors (Lipinski definition) is 1. The number of carbonyl (C=O) groups is 1. The molecule has 0 aromatic rings. The average molecular weight is 255 g/mol. The van der Waals surface area contributed by atoms with Crippen LogP contribution in [0.1, 0.15) is 85.0 Å². The molecule has 1 atom stereocenters. The van der Waals surface area contributed by atoms with Crippen LogP contribution in [0.3, 0.4) is 0 Å². The van der Waals surface area contributed by atoms with E-state index in [0.29, 0.717) is 0 Å². The highest BCUT2D eigenvalue weighted by molar-refractivity contribution is 5.78. The minimum Gasteiger partial charge on any atom is -0.356 e. The van der Waals surface area contributed by atoms with E-state index in [1.54, 1.807) is 0 Å². The van der Waals surface area contributed by atoms with Crippen LogP contribution < -0.4 is 5.32 Å². The van der Waals surface area contributed by atoms with Gasteiger partial charge in [-0.3, -0.25) is 4.79 Å². The molecule has 1 unspecified atom stereocenters. The molecule has 0 aromatic carbocycles. The fraction of sp³-hybridized carbons (Fsp3) is 0.938. The molecular formula is C16H33NO. The lowest BCUT2D eigenvalue weighted by molar-refractivity contribution is -0.124. The van der Waals surface area contributed by atoms with Crippen molar-refractivity contribution in [3.63, 3.8) is 0 Å². The summed E-state index contributed by atoms with van der Waals surface area (Å²) in [4.78, 5) is 11.7. The molecule has 1 N–H and O–H groups in total. The Bertz CT molecular complexity index is 192. The molecule has 2 nitrogen and oxygen atoms in total. The van der Waals surface area contributed by atoms with Crippen LogP contribution in [0.2, 0.25) is 0 Å². The van der Waals surface area contributed by atoms with Crippen LogP contribution in [0.25, 0.3) is 0 Å². The standard InChI is InChI=1S/C16H33NO/c1-4-6-8-9-10-11-12-14-17-16(18)15(3)13-7-5-2/h15H,4-14H2,1-3H3,(H,17,18). The maximum absolute atomic E-state index is 11.7. The maximum Gasteiger partial charge on any atom is 0.222 e. The highest BCUT2D eigenvalue weighted by Gasteiger charge is 2.10. The minimum atomic E-state index is 0.189. The van der Waals surface area contributed by atoms with E-state index in [4.69, 9.17) is 0 Å². The predicted molar refractivity (Wildman–Crippen MR) is 79.7 cm³/mol. The zero-order chi connectivity index (χ0) is 13.6. The van der Waals surface area contributed by atoms with E-state index in [9.17, 15) is 4.79 Å². The second-order valence-corrected chi connectivity index (χ2v) is 5.46. The van der Waals surface area contributed by atoms with Gasteiger partial charge in [0.25, 0.3) is 0 Å². The molecule has 0 bridgehead atoms. The van der Waals surface area contributed by atoms with Crippen molar-refractivity contribution in [3.8, 4) is 0 Å². The second-order valence-electron chi connectivity index (χ2n) is 5.46. The van der Waals surface area contributed by atoms with Gasteiger partial charge in [0.15, 0.2) is 0 Å². The zero-order valence-electron chi connectivity index (χ0n) is 12.8. The van der Waals surface area contributed by atoms with E-state index < -0.39 is 0 Å². The number of unbranched alkanes of at least 4 members (excludes halogenated alkanes) is 7. The summed E-state index contributed by atoms with van der Waals surface area (Å²) in [5.41, 5.74) is 0. The first-order valence-electron chi connectivity index (χ1n) is 8.00. The molecule has 0 spiro atoms. The van der Waals surface area contributed by atoms with Gasteiger partial charge in [-0.25, -0.2) is 0 Å². The normalized spacial score (nSPS) is 12.4. The Kier molecular flexibility index (Phi) is 12.5. The fourth-order valence-electron chi connectivity index (χ4n) is 2.11. The lowest BCUT2D eigenvalue weighted by Gasteiger charge is -2.11. The summed E-state index contributed by atoms with van der Waals surface area (Å²) in [5, 5.41) is 3.05. The Balaban J connectivity index is 3.29. The molecule has 2 heteroatoms. The third-order valence-corrected chi connectivity index (χ3v) is 3.52. The average Bonchev–Trinajstić information content (AvgIpc) is 2.38. The molecule has 0 rings (SSSR count). The summed E-state index contributed by atoms with van der Waals surface area (Å²) in [6.07, 6.45) is 12.5. The van der Waals surface area contributed by atoms with Crippen molar-refractivity contribution in [1.29, 1.82) is 0 Å². The number of nitrogens with one attached hydrogen (secondary N) is 1. The van der Waals surface area contributed by atoms with Gasteiger partial charge in [0.05, 0.1) is 0 Å². The van der Waals surface area contributed by atoms with Crippen molar-refractivity contribution in [2.45, 2.75) is 85.0 Å². The molecule has 0 aliphatic carbocycles. The van der Waals surface area contributed by atoms with Crippen molar-refractivity contribution in [2.24, 2.45) is 5.92 Å². The van der Waals surface area contributed by atoms with Gasteiger partial charge >= 0.3 is 0 Å². The smallest absolute Gasteiger partial charge is 0.222 e. The van der Waals surface area contributed by atoms with Gasteiger partial charge in [-0.2, -0.15) is 0 Å². The molecule has 0 radical (unpaired) electrons. The lowest BCUT2D eigenvalue weighted by Crippen LogP contribution is -2.29. The van der Waals surface area contributed by atoms with Crippen LogP contribution in [0.15, 0.2) is 0 Å². The summed E-state index contributed by atoms with van der Waals surface area (Å²) in [6.45, 7) is 7.32. The first-order chi connectivity index (χ1) is 8.72. The number of hydrogen-bond donors (Lipinski definition) is 1. The highest BCUT2D eigenvalue weighted by Crippen LogP contribution is 2.08. The van der Waals surface area contributed by atoms with Gasteiger partial charge in [0.1, 0.15) is 0 Å². The van der Waals surface area contributed by atoms with Crippen LogP contribution in [-0.2, 0) is 4.79 Å². The monoisotopic (exact) mass is 255 g/mol. The Labute approximate surface area is 114 Å². The maximum atomic E-state index is 11.7. The Morgan fingerprint density at radius 3 is 2.06 bits per heavy atom. The van der Waals surface area contributed by atoms with Gasteiger partial charge in [-0.05, 0) is 12.8 Å². The molecule has 0 fully saturated rings. The van der Waals surface area contributed by atoms with Gasteiger partial charge in [-0.15, -0.1) is 0 Å². The second kappa shape index (κ2) is 12.9. The van der Waals surface area contributed by atoms with Gasteiger partial charge in [0.2, 0.25) is 5.91 Å². The van der Waals surface area contributed by atoms with Crippen molar-refractivity contribution >= 4 is 5.91 Å².